The lowest BCUT2D eigenvalue weighted by molar-refractivity contribution is 0.0510. The molecular weight excluding hydrogens is 195 g/mol. The molecule has 0 amide bonds. The van der Waals surface area contributed by atoms with Crippen LogP contribution in [0, 0.1) is 0 Å². The Morgan fingerprint density at radius 3 is 2.27 bits per heavy atom. The van der Waals surface area contributed by atoms with E-state index in [2.05, 4.69) is 17.5 Å². The van der Waals surface area contributed by atoms with Crippen LogP contribution in [0.2, 0.25) is 0 Å². The monoisotopic (exact) mass is 218 g/mol. The second-order valence-electron chi connectivity index (χ2n) is 3.01. The molecule has 0 saturated carbocycles. The summed E-state index contributed by atoms with van der Waals surface area (Å²) in [6, 6.07) is 0. The van der Waals surface area contributed by atoms with E-state index in [0.717, 1.165) is 26.2 Å². The van der Waals surface area contributed by atoms with Crippen molar-refractivity contribution in [2.24, 2.45) is 0 Å². The number of nitrogens with one attached hydrogen (secondary N) is 2. The van der Waals surface area contributed by atoms with E-state index in [9.17, 15) is 0 Å². The predicted molar refractivity (Wildman–Crippen MR) is 62.3 cm³/mol. The average Bonchev–Trinajstić information content (AvgIpc) is 2.26. The lowest BCUT2D eigenvalue weighted by Crippen LogP contribution is -2.26. The van der Waals surface area contributed by atoms with Crippen LogP contribution in [0.1, 0.15) is 6.92 Å². The van der Waals surface area contributed by atoms with Crippen LogP contribution in [-0.2, 0) is 14.1 Å². The molecule has 0 aromatic rings. The van der Waals surface area contributed by atoms with Gasteiger partial charge in [0.25, 0.3) is 0 Å². The molecule has 0 bridgehead atoms. The number of ether oxygens (including phenoxy) is 2. The summed E-state index contributed by atoms with van der Waals surface area (Å²) in [5.41, 5.74) is 0. The van der Waals surface area contributed by atoms with Crippen LogP contribution < -0.4 is 10.5 Å². The minimum Gasteiger partial charge on any atom is -0.427 e. The molecule has 15 heavy (non-hydrogen) atoms. The third-order valence-corrected chi connectivity index (χ3v) is 1.71. The molecule has 0 aliphatic carbocycles. The third kappa shape index (κ3) is 13.9. The highest BCUT2D eigenvalue weighted by Gasteiger charge is 1.91. The van der Waals surface area contributed by atoms with Gasteiger partial charge in [0.05, 0.1) is 26.4 Å². The van der Waals surface area contributed by atoms with Gasteiger partial charge in [0.15, 0.2) is 0 Å². The zero-order valence-corrected chi connectivity index (χ0v) is 9.88. The number of hydrogen-bond donors (Lipinski definition) is 2. The van der Waals surface area contributed by atoms with Gasteiger partial charge in [-0.1, -0.05) is 6.92 Å². The summed E-state index contributed by atoms with van der Waals surface area (Å²) in [5.74, 6) is 0. The minimum atomic E-state index is 0.572. The molecular formula is C9H23BN2O3. The van der Waals surface area contributed by atoms with Gasteiger partial charge in [-0.2, -0.15) is 0 Å². The molecule has 0 atom stereocenters. The summed E-state index contributed by atoms with van der Waals surface area (Å²) < 4.78 is 15.5. The van der Waals surface area contributed by atoms with Crippen molar-refractivity contribution in [1.29, 1.82) is 0 Å². The Balaban J connectivity index is 2.81. The highest BCUT2D eigenvalue weighted by Crippen LogP contribution is 1.77. The molecule has 0 unspecified atom stereocenters. The van der Waals surface area contributed by atoms with Gasteiger partial charge in [0, 0.05) is 20.2 Å². The number of likely N-dealkylation sites (N-methyl/N-ethyl adjacent to an activating group) is 1. The van der Waals surface area contributed by atoms with Crippen molar-refractivity contribution >= 4 is 7.62 Å². The fourth-order valence-corrected chi connectivity index (χ4v) is 0.962. The molecule has 0 rings (SSSR count). The first-order valence-corrected chi connectivity index (χ1v) is 5.47. The maximum atomic E-state index is 5.33. The van der Waals surface area contributed by atoms with E-state index >= 15 is 0 Å². The zero-order chi connectivity index (χ0) is 11.2. The van der Waals surface area contributed by atoms with Gasteiger partial charge in [0.1, 0.15) is 0 Å². The zero-order valence-electron chi connectivity index (χ0n) is 9.88. The van der Waals surface area contributed by atoms with Crippen molar-refractivity contribution < 1.29 is 14.1 Å². The molecule has 2 N–H and O–H groups in total. The van der Waals surface area contributed by atoms with Crippen LogP contribution in [-0.4, -0.2) is 60.8 Å². The second-order valence-corrected chi connectivity index (χ2v) is 3.01. The Morgan fingerprint density at radius 2 is 1.67 bits per heavy atom. The fourth-order valence-electron chi connectivity index (χ4n) is 0.962. The van der Waals surface area contributed by atoms with E-state index in [-0.39, 0.29) is 0 Å². The lowest BCUT2D eigenvalue weighted by atomic mass is 10.3. The molecule has 6 heteroatoms. The summed E-state index contributed by atoms with van der Waals surface area (Å²) in [4.78, 5) is 0. The van der Waals surface area contributed by atoms with E-state index in [4.69, 9.17) is 14.1 Å². The SMILES string of the molecule is CCNCCOCCOCCNBOC. The predicted octanol–water partition coefficient (Wildman–Crippen LogP) is -0.868. The molecule has 0 fully saturated rings. The summed E-state index contributed by atoms with van der Waals surface area (Å²) in [6.45, 7) is 7.55. The molecule has 0 aliphatic rings. The van der Waals surface area contributed by atoms with Gasteiger partial charge in [0.2, 0.25) is 0 Å². The molecule has 0 saturated heterocycles. The Kier molecular flexibility index (Phi) is 13.7. The number of hydrogen-bond acceptors (Lipinski definition) is 5. The van der Waals surface area contributed by atoms with E-state index in [1.807, 2.05) is 0 Å². The highest BCUT2D eigenvalue weighted by atomic mass is 16.5. The van der Waals surface area contributed by atoms with Crippen molar-refractivity contribution in [3.8, 4) is 0 Å². The van der Waals surface area contributed by atoms with E-state index in [1.54, 1.807) is 7.11 Å². The van der Waals surface area contributed by atoms with E-state index in [0.29, 0.717) is 27.4 Å². The van der Waals surface area contributed by atoms with Gasteiger partial charge in [-0.3, -0.25) is 0 Å². The molecule has 5 nitrogen and oxygen atoms in total. The Morgan fingerprint density at radius 1 is 1.00 bits per heavy atom. The molecule has 0 radical (unpaired) electrons. The number of rotatable bonds is 12. The smallest absolute Gasteiger partial charge is 0.360 e. The maximum absolute atomic E-state index is 5.33. The maximum Gasteiger partial charge on any atom is 0.360 e. The van der Waals surface area contributed by atoms with Gasteiger partial charge in [-0.15, -0.1) is 0 Å². The van der Waals surface area contributed by atoms with Crippen LogP contribution in [0.3, 0.4) is 0 Å². The first-order valence-electron chi connectivity index (χ1n) is 5.47. The average molecular weight is 218 g/mol. The molecule has 0 aromatic heterocycles. The summed E-state index contributed by atoms with van der Waals surface area (Å²) in [7, 11) is 2.23. The van der Waals surface area contributed by atoms with Crippen LogP contribution in [0.4, 0.5) is 0 Å². The van der Waals surface area contributed by atoms with E-state index in [1.165, 1.54) is 0 Å². The largest absolute Gasteiger partial charge is 0.427 e. The van der Waals surface area contributed by atoms with Crippen LogP contribution in [0.5, 0.6) is 0 Å². The normalized spacial score (nSPS) is 10.5. The standard InChI is InChI=1S/C9H23BN2O3/c1-3-11-4-6-14-8-9-15-7-5-12-10-13-2/h10-12H,3-9H2,1-2H3. The van der Waals surface area contributed by atoms with Crippen molar-refractivity contribution in [1.82, 2.24) is 10.5 Å². The molecule has 90 valence electrons. The summed E-state index contributed by atoms with van der Waals surface area (Å²) >= 11 is 0. The molecule has 0 aromatic carbocycles. The van der Waals surface area contributed by atoms with Crippen molar-refractivity contribution in [2.75, 3.05) is 53.2 Å². The molecule has 0 spiro atoms. The van der Waals surface area contributed by atoms with Crippen molar-refractivity contribution in [3.05, 3.63) is 0 Å². The summed E-state index contributed by atoms with van der Waals surface area (Å²) in [5, 5.41) is 6.24. The third-order valence-electron chi connectivity index (χ3n) is 1.71. The van der Waals surface area contributed by atoms with Crippen LogP contribution in [0.15, 0.2) is 0 Å². The Labute approximate surface area is 93.1 Å². The van der Waals surface area contributed by atoms with Crippen molar-refractivity contribution in [3.63, 3.8) is 0 Å². The minimum absolute atomic E-state index is 0.572. The first kappa shape index (κ1) is 14.9. The van der Waals surface area contributed by atoms with Crippen molar-refractivity contribution in [2.45, 2.75) is 6.92 Å². The Bertz CT molecular complexity index is 108. The summed E-state index contributed by atoms with van der Waals surface area (Å²) in [6.07, 6.45) is 0. The van der Waals surface area contributed by atoms with Gasteiger partial charge < -0.3 is 24.7 Å². The molecule has 0 heterocycles. The lowest BCUT2D eigenvalue weighted by Gasteiger charge is -2.06. The second kappa shape index (κ2) is 13.9. The topological polar surface area (TPSA) is 51.8 Å². The highest BCUT2D eigenvalue weighted by molar-refractivity contribution is 6.23. The Hall–Kier alpha value is -0.135. The van der Waals surface area contributed by atoms with Gasteiger partial charge >= 0.3 is 7.62 Å². The quantitative estimate of drug-likeness (QED) is 0.329. The first-order chi connectivity index (χ1) is 7.41. The van der Waals surface area contributed by atoms with Crippen LogP contribution in [0.25, 0.3) is 0 Å². The van der Waals surface area contributed by atoms with Gasteiger partial charge in [-0.25, -0.2) is 0 Å². The van der Waals surface area contributed by atoms with Gasteiger partial charge in [-0.05, 0) is 6.54 Å². The van der Waals surface area contributed by atoms with E-state index < -0.39 is 0 Å². The van der Waals surface area contributed by atoms with Crippen LogP contribution >= 0.6 is 0 Å². The fraction of sp³-hybridized carbons (Fsp3) is 1.00. The molecule has 0 aliphatic heterocycles.